The highest BCUT2D eigenvalue weighted by molar-refractivity contribution is 9.11. The number of hydrogen-bond acceptors (Lipinski definition) is 19. The number of aliphatic hydroxyl groups is 2. The van der Waals surface area contributed by atoms with Crippen LogP contribution in [0.4, 0.5) is 36.4 Å². The first kappa shape index (κ1) is 78.2. The molecule has 25 nitrogen and oxygen atoms in total. The van der Waals surface area contributed by atoms with Crippen LogP contribution in [0.3, 0.4) is 0 Å². The zero-order valence-electron chi connectivity index (χ0n) is 60.9. The van der Waals surface area contributed by atoms with Crippen LogP contribution in [0.2, 0.25) is 0 Å². The number of pyridine rings is 4. The van der Waals surface area contributed by atoms with E-state index in [9.17, 15) is 33.8 Å². The molecule has 4 saturated carbocycles. The number of rotatable bonds is 20. The van der Waals surface area contributed by atoms with Crippen LogP contribution < -0.4 is 35.5 Å². The highest BCUT2D eigenvalue weighted by Gasteiger charge is 2.42. The maximum atomic E-state index is 12.3. The van der Waals surface area contributed by atoms with E-state index in [1.807, 2.05) is 107 Å². The first-order chi connectivity index (χ1) is 53.7. The molecule has 0 aliphatic heterocycles. The normalized spacial score (nSPS) is 18.9. The molecule has 12 aromatic heterocycles. The SMILES string of the molecule is CC(C)(O)[C@H]1CCCC[C@H]1c1cc(NCc2cccnc2)n2ncc(Br)c2n1.OC[C@H]1CCCC[C@H]1c1cc(NCc2cccnc2)n2ncc(Br)c2n1.O[n+]1cc(CNc2cc(-c3ccccc3)nc3c(Br)cnn23)ccc1OCC(F)(F)F.[O-][n+]1cccc(CNc2cc(C3CC4CCC3C4)nc3c(Br)cnn23)c1. The molecule has 17 rings (SSSR count). The van der Waals surface area contributed by atoms with Gasteiger partial charge >= 0.3 is 12.1 Å². The minimum atomic E-state index is -4.49. The minimum Gasteiger partial charge on any atom is -0.619 e. The highest BCUT2D eigenvalue weighted by atomic mass is 79.9. The first-order valence-electron chi connectivity index (χ1n) is 37.1. The van der Waals surface area contributed by atoms with Crippen molar-refractivity contribution >= 4 is 110 Å². The van der Waals surface area contributed by atoms with E-state index in [4.69, 9.17) is 15.0 Å². The second kappa shape index (κ2) is 35.1. The number of fused-ring (bicyclic) bond motifs is 6. The number of ether oxygens (including phenoxy) is 1. The number of anilines is 4. The molecule has 13 aromatic rings. The molecule has 2 bridgehead atoms. The summed E-state index contributed by atoms with van der Waals surface area (Å²) in [5.74, 6) is 6.28. The maximum Gasteiger partial charge on any atom is 0.422 e. The first-order valence-corrected chi connectivity index (χ1v) is 40.2. The minimum absolute atomic E-state index is 0.198. The largest absolute Gasteiger partial charge is 0.619 e. The lowest BCUT2D eigenvalue weighted by Crippen LogP contribution is -2.37. The van der Waals surface area contributed by atoms with Gasteiger partial charge < -0.3 is 41.4 Å². The van der Waals surface area contributed by atoms with Crippen LogP contribution in [0.1, 0.15) is 148 Å². The monoisotopic (exact) mass is 1770 g/mol. The molecule has 0 spiro atoms. The van der Waals surface area contributed by atoms with Crippen LogP contribution in [0, 0.1) is 28.9 Å². The van der Waals surface area contributed by atoms with E-state index in [-0.39, 0.29) is 36.8 Å². The Morgan fingerprint density at radius 2 is 1.02 bits per heavy atom. The second-order valence-electron chi connectivity index (χ2n) is 29.1. The summed E-state index contributed by atoms with van der Waals surface area (Å²) in [4.78, 5) is 27.7. The fourth-order valence-electron chi connectivity index (χ4n) is 15.7. The van der Waals surface area contributed by atoms with Gasteiger partial charge in [0.05, 0.1) is 71.4 Å². The Morgan fingerprint density at radius 1 is 0.532 bits per heavy atom. The number of aromatic nitrogens is 16. The molecular weight excluding hydrogens is 1690 g/mol. The molecule has 111 heavy (non-hydrogen) atoms. The Kier molecular flexibility index (Phi) is 24.7. The Balaban J connectivity index is 0.000000123. The Hall–Kier alpha value is -9.47. The van der Waals surface area contributed by atoms with Gasteiger partial charge in [-0.2, -0.15) is 56.4 Å². The van der Waals surface area contributed by atoms with Gasteiger partial charge in [0, 0.05) is 133 Å². The zero-order chi connectivity index (χ0) is 77.3. The lowest BCUT2D eigenvalue weighted by Gasteiger charge is -2.39. The summed E-state index contributed by atoms with van der Waals surface area (Å²) in [6, 6.07) is 32.3. The summed E-state index contributed by atoms with van der Waals surface area (Å²) < 4.78 is 53.3. The molecule has 4 fully saturated rings. The molecular formula is C79H84Br4F3N20O5+. The van der Waals surface area contributed by atoms with E-state index in [0.29, 0.717) is 53.2 Å². The van der Waals surface area contributed by atoms with Crippen molar-refractivity contribution in [3.63, 3.8) is 0 Å². The van der Waals surface area contributed by atoms with Crippen LogP contribution in [0.5, 0.6) is 5.88 Å². The fraction of sp³-hybridized carbons (Fsp3) is 0.367. The number of nitrogens with zero attached hydrogens (tertiary/aromatic N) is 16. The third-order valence-electron chi connectivity index (χ3n) is 21.1. The molecule has 12 heterocycles. The topological polar surface area (TPSA) is 295 Å². The van der Waals surface area contributed by atoms with Crippen molar-refractivity contribution in [2.45, 2.75) is 147 Å². The highest BCUT2D eigenvalue weighted by Crippen LogP contribution is 2.53. The molecule has 0 radical (unpaired) electrons. The van der Waals surface area contributed by atoms with Crippen molar-refractivity contribution in [1.29, 1.82) is 0 Å². The van der Waals surface area contributed by atoms with Gasteiger partial charge in [0.15, 0.2) is 41.6 Å². The summed E-state index contributed by atoms with van der Waals surface area (Å²) in [6.45, 7) is 4.73. The predicted octanol–water partition coefficient (Wildman–Crippen LogP) is 16.2. The van der Waals surface area contributed by atoms with Gasteiger partial charge in [-0.05, 0) is 182 Å². The van der Waals surface area contributed by atoms with Gasteiger partial charge in [-0.15, -0.1) is 0 Å². The number of halogens is 7. The number of alkyl halides is 3. The van der Waals surface area contributed by atoms with E-state index in [2.05, 4.69) is 143 Å². The van der Waals surface area contributed by atoms with Crippen LogP contribution in [0.15, 0.2) is 189 Å². The van der Waals surface area contributed by atoms with E-state index in [1.165, 1.54) is 69.1 Å². The predicted molar refractivity (Wildman–Crippen MR) is 428 cm³/mol. The molecule has 4 aliphatic carbocycles. The van der Waals surface area contributed by atoms with E-state index in [1.54, 1.807) is 60.0 Å². The second-order valence-corrected chi connectivity index (χ2v) is 32.5. The average Bonchev–Trinajstić information content (AvgIpc) is 1.55. The number of hydrogen-bond donors (Lipinski definition) is 7. The van der Waals surface area contributed by atoms with E-state index >= 15 is 0 Å². The van der Waals surface area contributed by atoms with Gasteiger partial charge in [0.2, 0.25) is 6.20 Å². The smallest absolute Gasteiger partial charge is 0.422 e. The average molecular weight is 1770 g/mol. The van der Waals surface area contributed by atoms with Crippen molar-refractivity contribution < 1.29 is 42.8 Å². The van der Waals surface area contributed by atoms with Gasteiger partial charge in [-0.3, -0.25) is 15.2 Å². The Labute approximate surface area is 671 Å². The van der Waals surface area contributed by atoms with Gasteiger partial charge in [-0.1, -0.05) is 74.6 Å². The molecule has 7 atom stereocenters. The van der Waals surface area contributed by atoms with Gasteiger partial charge in [-0.25, -0.2) is 19.9 Å². The van der Waals surface area contributed by atoms with Crippen molar-refractivity contribution in [2.24, 2.45) is 23.7 Å². The van der Waals surface area contributed by atoms with Gasteiger partial charge in [0.25, 0.3) is 0 Å². The molecule has 578 valence electrons. The summed E-state index contributed by atoms with van der Waals surface area (Å²) >= 11 is 14.1. The number of benzene rings is 1. The quantitative estimate of drug-likeness (QED) is 0.0212. The zero-order valence-corrected chi connectivity index (χ0v) is 67.2. The van der Waals surface area contributed by atoms with Crippen LogP contribution >= 0.6 is 63.7 Å². The molecule has 32 heteroatoms. The summed E-state index contributed by atoms with van der Waals surface area (Å²) in [6.07, 6.45) is 28.3. The van der Waals surface area contributed by atoms with Crippen molar-refractivity contribution in [2.75, 3.05) is 34.5 Å². The standard InChI is InChI=1S/C21H26BrN5O.C20H16BrF3N5O2.C19H20BrN5O.C19H22BrN5O/c1-21(2,28)16-8-4-3-7-15(16)18-10-19(24-12-14-6-5-9-23-11-14)27-20(26-18)17(22)13-25-27;21-15-10-26-29-17(8-16(27-19(15)29)14-4-2-1-3-5-14)25-9-13-6-7-18(28(30)11-13)31-12-20(22,23)24;20-16-10-22-25-18(21-9-13-2-1-5-24(26)11-13)8-17(23-19(16)25)15-7-12-3-4-14(15)6-12;20-16-11-23-25-18(22-10-13-4-3-7-21-9-13)8-17(24-19(16)25)15-6-2-1-5-14(15)12-26/h5-6,9-11,13,15-16,24,28H,3-4,7-8,12H2,1-2H3;1-8,10-11,25,30H,9,12H2;1-2,5,8,10-12,14-15,21H,3-4,6-7,9H2;3-4,7-9,11,14-15,22,26H,1-2,5-6,10,12H2/q;+1;;/t15-,16+;;;14-,15-/m1..1/s1. The molecule has 1 aromatic carbocycles. The molecule has 3 unspecified atom stereocenters. The third kappa shape index (κ3) is 19.0. The van der Waals surface area contributed by atoms with Crippen LogP contribution in [0.25, 0.3) is 33.8 Å². The Bertz CT molecular complexity index is 5320. The molecule has 0 amide bonds. The van der Waals surface area contributed by atoms with Crippen molar-refractivity contribution in [3.05, 3.63) is 234 Å². The lowest BCUT2D eigenvalue weighted by molar-refractivity contribution is -0.906. The molecule has 4 aliphatic rings. The summed E-state index contributed by atoms with van der Waals surface area (Å²) in [5, 5.41) is 73.2. The molecule has 7 N–H and O–H groups in total. The number of nitrogens with one attached hydrogen (secondary N) is 4. The maximum absolute atomic E-state index is 12.3. The van der Waals surface area contributed by atoms with Crippen LogP contribution in [-0.4, -0.2) is 109 Å². The van der Waals surface area contributed by atoms with E-state index in [0.717, 1.165) is 140 Å². The number of aliphatic hydroxyl groups excluding tert-OH is 1. The fourth-order valence-corrected chi connectivity index (χ4v) is 17.1. The third-order valence-corrected chi connectivity index (χ3v) is 23.3. The summed E-state index contributed by atoms with van der Waals surface area (Å²) in [7, 11) is 0. The summed E-state index contributed by atoms with van der Waals surface area (Å²) in [5.41, 5.74) is 11.0. The lowest BCUT2D eigenvalue weighted by atomic mass is 9.70. The van der Waals surface area contributed by atoms with Crippen LogP contribution in [-0.2, 0) is 26.2 Å². The van der Waals surface area contributed by atoms with Gasteiger partial charge in [0.1, 0.15) is 23.3 Å². The Morgan fingerprint density at radius 3 is 1.50 bits per heavy atom. The van der Waals surface area contributed by atoms with Crippen molar-refractivity contribution in [3.8, 4) is 17.1 Å². The molecule has 0 saturated heterocycles. The van der Waals surface area contributed by atoms with E-state index < -0.39 is 18.4 Å². The van der Waals surface area contributed by atoms with Crippen molar-refractivity contribution in [1.82, 2.24) is 68.4 Å².